The number of carbonyl (C=O) groups excluding carboxylic acids is 1. The van der Waals surface area contributed by atoms with E-state index in [0.29, 0.717) is 29.6 Å². The fourth-order valence-electron chi connectivity index (χ4n) is 2.86. The second-order valence-corrected chi connectivity index (χ2v) is 6.36. The highest BCUT2D eigenvalue weighted by molar-refractivity contribution is 5.93. The number of ether oxygens (including phenoxy) is 1. The van der Waals surface area contributed by atoms with Gasteiger partial charge in [-0.3, -0.25) is 4.79 Å². The van der Waals surface area contributed by atoms with E-state index in [9.17, 15) is 4.79 Å². The number of hydrogen-bond acceptors (Lipinski definition) is 5. The number of aromatic nitrogens is 2. The molecule has 144 valence electrons. The molecule has 0 radical (unpaired) electrons. The van der Waals surface area contributed by atoms with Gasteiger partial charge in [-0.15, -0.1) is 0 Å². The minimum atomic E-state index is -0.207. The van der Waals surface area contributed by atoms with Crippen molar-refractivity contribution < 1.29 is 9.53 Å². The van der Waals surface area contributed by atoms with Crippen LogP contribution in [0.3, 0.4) is 0 Å². The Bertz CT molecular complexity index is 929. The van der Waals surface area contributed by atoms with Crippen LogP contribution in [-0.2, 0) is 6.42 Å². The van der Waals surface area contributed by atoms with Gasteiger partial charge in [0.15, 0.2) is 0 Å². The van der Waals surface area contributed by atoms with Gasteiger partial charge in [-0.05, 0) is 37.5 Å². The van der Waals surface area contributed by atoms with Crippen molar-refractivity contribution in [1.29, 1.82) is 0 Å². The zero-order valence-electron chi connectivity index (χ0n) is 16.1. The van der Waals surface area contributed by atoms with E-state index in [1.807, 2.05) is 42.5 Å². The zero-order valence-corrected chi connectivity index (χ0v) is 16.1. The molecule has 0 saturated carbocycles. The molecule has 0 unspecified atom stereocenters. The lowest BCUT2D eigenvalue weighted by atomic mass is 10.1. The molecule has 2 N–H and O–H groups in total. The summed E-state index contributed by atoms with van der Waals surface area (Å²) in [7, 11) is 1.61. The molecule has 28 heavy (non-hydrogen) atoms. The number of rotatable bonds is 8. The maximum atomic E-state index is 12.5. The number of anilines is 2. The maximum absolute atomic E-state index is 12.5. The van der Waals surface area contributed by atoms with Crippen molar-refractivity contribution in [3.63, 3.8) is 0 Å². The van der Waals surface area contributed by atoms with E-state index in [-0.39, 0.29) is 5.91 Å². The molecule has 0 saturated heterocycles. The van der Waals surface area contributed by atoms with E-state index in [1.165, 1.54) is 5.56 Å². The summed E-state index contributed by atoms with van der Waals surface area (Å²) in [6.45, 7) is 2.35. The Hall–Kier alpha value is -3.41. The summed E-state index contributed by atoms with van der Waals surface area (Å²) in [5, 5.41) is 6.12. The molecule has 2 aromatic carbocycles. The van der Waals surface area contributed by atoms with Crippen molar-refractivity contribution in [3.05, 3.63) is 77.7 Å². The van der Waals surface area contributed by atoms with Gasteiger partial charge in [0, 0.05) is 12.6 Å². The minimum Gasteiger partial charge on any atom is -0.495 e. The quantitative estimate of drug-likeness (QED) is 0.583. The monoisotopic (exact) mass is 376 g/mol. The second kappa shape index (κ2) is 9.50. The zero-order chi connectivity index (χ0) is 19.8. The highest BCUT2D eigenvalue weighted by atomic mass is 16.5. The number of amides is 1. The fraction of sp³-hybridized carbons (Fsp3) is 0.227. The summed E-state index contributed by atoms with van der Waals surface area (Å²) in [5.41, 5.74) is 2.37. The SMILES string of the molecule is COc1ccccc1Nc1cc(C(=O)NCCCc2ccccc2)nc(C)n1. The molecule has 0 fully saturated rings. The Morgan fingerprint density at radius 2 is 1.79 bits per heavy atom. The number of nitrogens with one attached hydrogen (secondary N) is 2. The second-order valence-electron chi connectivity index (χ2n) is 6.36. The van der Waals surface area contributed by atoms with Crippen molar-refractivity contribution in [2.75, 3.05) is 19.0 Å². The molecule has 6 nitrogen and oxygen atoms in total. The van der Waals surface area contributed by atoms with Gasteiger partial charge >= 0.3 is 0 Å². The molecule has 6 heteroatoms. The Kier molecular flexibility index (Phi) is 6.57. The molecule has 1 amide bonds. The third-order valence-electron chi connectivity index (χ3n) is 4.21. The van der Waals surface area contributed by atoms with Crippen molar-refractivity contribution in [2.24, 2.45) is 0 Å². The minimum absolute atomic E-state index is 0.207. The van der Waals surface area contributed by atoms with Crippen molar-refractivity contribution in [1.82, 2.24) is 15.3 Å². The largest absolute Gasteiger partial charge is 0.495 e. The van der Waals surface area contributed by atoms with Gasteiger partial charge in [0.2, 0.25) is 0 Å². The maximum Gasteiger partial charge on any atom is 0.270 e. The van der Waals surface area contributed by atoms with E-state index in [4.69, 9.17) is 4.74 Å². The standard InChI is InChI=1S/C22H24N4O2/c1-16-24-19(22(27)23-14-8-11-17-9-4-3-5-10-17)15-21(25-16)26-18-12-6-7-13-20(18)28-2/h3-7,9-10,12-13,15H,8,11,14H2,1-2H3,(H,23,27)(H,24,25,26). The van der Waals surface area contributed by atoms with Crippen molar-refractivity contribution in [2.45, 2.75) is 19.8 Å². The number of carbonyl (C=O) groups is 1. The molecule has 0 atom stereocenters. The number of para-hydroxylation sites is 2. The Morgan fingerprint density at radius 1 is 1.04 bits per heavy atom. The van der Waals surface area contributed by atoms with Gasteiger partial charge in [-0.1, -0.05) is 42.5 Å². The number of hydrogen-bond donors (Lipinski definition) is 2. The topological polar surface area (TPSA) is 76.1 Å². The summed E-state index contributed by atoms with van der Waals surface area (Å²) in [6, 6.07) is 19.4. The molecule has 1 aromatic heterocycles. The van der Waals surface area contributed by atoms with E-state index in [2.05, 4.69) is 32.7 Å². The number of aryl methyl sites for hydroxylation is 2. The van der Waals surface area contributed by atoms with Crippen LogP contribution in [0.25, 0.3) is 0 Å². The molecule has 0 aliphatic rings. The normalized spacial score (nSPS) is 10.4. The lowest BCUT2D eigenvalue weighted by Gasteiger charge is -2.12. The Labute approximate surface area is 165 Å². The van der Waals surface area contributed by atoms with Crippen LogP contribution in [0.15, 0.2) is 60.7 Å². The highest BCUT2D eigenvalue weighted by Crippen LogP contribution is 2.26. The van der Waals surface area contributed by atoms with Crippen LogP contribution in [0, 0.1) is 6.92 Å². The van der Waals surface area contributed by atoms with Gasteiger partial charge in [0.25, 0.3) is 5.91 Å². The van der Waals surface area contributed by atoms with E-state index in [0.717, 1.165) is 18.5 Å². The predicted octanol–water partition coefficient (Wildman–Crippen LogP) is 3.90. The van der Waals surface area contributed by atoms with Crippen LogP contribution in [0.5, 0.6) is 5.75 Å². The van der Waals surface area contributed by atoms with E-state index >= 15 is 0 Å². The van der Waals surface area contributed by atoms with Crippen molar-refractivity contribution in [3.8, 4) is 5.75 Å². The molecule has 0 bridgehead atoms. The van der Waals surface area contributed by atoms with E-state index < -0.39 is 0 Å². The number of nitrogens with zero attached hydrogens (tertiary/aromatic N) is 2. The predicted molar refractivity (Wildman–Crippen MR) is 110 cm³/mol. The van der Waals surface area contributed by atoms with Crippen LogP contribution in [0.2, 0.25) is 0 Å². The van der Waals surface area contributed by atoms with Crippen LogP contribution in [0.1, 0.15) is 28.3 Å². The first-order valence-electron chi connectivity index (χ1n) is 9.23. The van der Waals surface area contributed by atoms with Crippen LogP contribution in [-0.4, -0.2) is 29.5 Å². The molecular weight excluding hydrogens is 352 g/mol. The van der Waals surface area contributed by atoms with Crippen LogP contribution >= 0.6 is 0 Å². The van der Waals surface area contributed by atoms with E-state index in [1.54, 1.807) is 20.1 Å². The first-order valence-corrected chi connectivity index (χ1v) is 9.23. The van der Waals surface area contributed by atoms with Gasteiger partial charge in [0.05, 0.1) is 12.8 Å². The summed E-state index contributed by atoms with van der Waals surface area (Å²) >= 11 is 0. The lowest BCUT2D eigenvalue weighted by Crippen LogP contribution is -2.26. The summed E-state index contributed by atoms with van der Waals surface area (Å²) < 4.78 is 5.34. The molecule has 0 spiro atoms. The highest BCUT2D eigenvalue weighted by Gasteiger charge is 2.11. The lowest BCUT2D eigenvalue weighted by molar-refractivity contribution is 0.0948. The average molecular weight is 376 g/mol. The average Bonchev–Trinajstić information content (AvgIpc) is 2.72. The van der Waals surface area contributed by atoms with Crippen molar-refractivity contribution >= 4 is 17.4 Å². The van der Waals surface area contributed by atoms with Gasteiger partial charge in [-0.2, -0.15) is 0 Å². The molecule has 3 rings (SSSR count). The molecule has 1 heterocycles. The fourth-order valence-corrected chi connectivity index (χ4v) is 2.86. The summed E-state index contributed by atoms with van der Waals surface area (Å²) in [6.07, 6.45) is 1.79. The third-order valence-corrected chi connectivity index (χ3v) is 4.21. The smallest absolute Gasteiger partial charge is 0.270 e. The molecular formula is C22H24N4O2. The van der Waals surface area contributed by atoms with Gasteiger partial charge < -0.3 is 15.4 Å². The van der Waals surface area contributed by atoms with Crippen LogP contribution in [0.4, 0.5) is 11.5 Å². The molecule has 3 aromatic rings. The Balaban J connectivity index is 1.61. The molecule has 0 aliphatic heterocycles. The summed E-state index contributed by atoms with van der Waals surface area (Å²) in [5.74, 6) is 1.56. The number of methoxy groups -OCH3 is 1. The number of benzene rings is 2. The van der Waals surface area contributed by atoms with Gasteiger partial charge in [-0.25, -0.2) is 9.97 Å². The Morgan fingerprint density at radius 3 is 2.57 bits per heavy atom. The van der Waals surface area contributed by atoms with Crippen LogP contribution < -0.4 is 15.4 Å². The first kappa shape index (κ1) is 19.4. The summed E-state index contributed by atoms with van der Waals surface area (Å²) in [4.78, 5) is 21.1. The van der Waals surface area contributed by atoms with Gasteiger partial charge in [0.1, 0.15) is 23.1 Å². The third kappa shape index (κ3) is 5.30. The first-order chi connectivity index (χ1) is 13.7. The molecule has 0 aliphatic carbocycles.